The molecule has 0 saturated carbocycles. The quantitative estimate of drug-likeness (QED) is 0.436. The van der Waals surface area contributed by atoms with Crippen molar-refractivity contribution < 1.29 is 8.78 Å². The monoisotopic (exact) mass is 377 g/mol. The lowest BCUT2D eigenvalue weighted by Gasteiger charge is -2.14. The number of aromatic nitrogens is 2. The van der Waals surface area contributed by atoms with Crippen LogP contribution in [0.1, 0.15) is 5.56 Å². The molecule has 142 valence electrons. The second-order valence-corrected chi connectivity index (χ2v) is 7.75. The van der Waals surface area contributed by atoms with Gasteiger partial charge in [-0.15, -0.1) is 0 Å². The van der Waals surface area contributed by atoms with Crippen molar-refractivity contribution in [1.29, 1.82) is 0 Å². The van der Waals surface area contributed by atoms with E-state index < -0.39 is 0 Å². The van der Waals surface area contributed by atoms with E-state index in [9.17, 15) is 8.78 Å². The summed E-state index contributed by atoms with van der Waals surface area (Å²) >= 11 is 0. The molecule has 5 rings (SSSR count). The van der Waals surface area contributed by atoms with E-state index in [1.54, 1.807) is 18.2 Å². The molecule has 0 amide bonds. The maximum absolute atomic E-state index is 14.1. The molecule has 0 spiro atoms. The zero-order chi connectivity index (χ0) is 19.6. The van der Waals surface area contributed by atoms with Crippen molar-refractivity contribution in [2.24, 2.45) is 0 Å². The van der Waals surface area contributed by atoms with E-state index in [0.717, 1.165) is 62.3 Å². The lowest BCUT2D eigenvalue weighted by Crippen LogP contribution is -2.18. The van der Waals surface area contributed by atoms with Crippen LogP contribution in [-0.4, -0.2) is 35.1 Å². The number of H-pyrrole nitrogens is 1. The summed E-state index contributed by atoms with van der Waals surface area (Å²) in [7, 11) is 4.09. The topological polar surface area (TPSA) is 24.0 Å². The van der Waals surface area contributed by atoms with Crippen molar-refractivity contribution in [3.63, 3.8) is 0 Å². The second kappa shape index (κ2) is 6.04. The number of hydrogen-bond donors (Lipinski definition) is 1. The highest BCUT2D eigenvalue weighted by Gasteiger charge is 2.18. The smallest absolute Gasteiger partial charge is 0.123 e. The van der Waals surface area contributed by atoms with Gasteiger partial charge in [-0.25, -0.2) is 8.78 Å². The van der Waals surface area contributed by atoms with E-state index in [0.29, 0.717) is 0 Å². The van der Waals surface area contributed by atoms with Crippen molar-refractivity contribution in [2.75, 3.05) is 20.6 Å². The highest BCUT2D eigenvalue weighted by molar-refractivity contribution is 6.19. The van der Waals surface area contributed by atoms with Crippen LogP contribution in [0.25, 0.3) is 43.6 Å². The molecule has 1 N–H and O–H groups in total. The number of aryl methyl sites for hydroxylation is 1. The first kappa shape index (κ1) is 17.2. The van der Waals surface area contributed by atoms with Gasteiger partial charge >= 0.3 is 0 Å². The number of hydrogen-bond acceptors (Lipinski definition) is 1. The third-order valence-corrected chi connectivity index (χ3v) is 5.66. The summed E-state index contributed by atoms with van der Waals surface area (Å²) < 4.78 is 30.2. The van der Waals surface area contributed by atoms with Crippen LogP contribution in [0.3, 0.4) is 0 Å². The molecule has 0 aliphatic heterocycles. The summed E-state index contributed by atoms with van der Waals surface area (Å²) in [6.45, 7) is 3.77. The van der Waals surface area contributed by atoms with Gasteiger partial charge in [0.2, 0.25) is 0 Å². The zero-order valence-electron chi connectivity index (χ0n) is 16.1. The van der Waals surface area contributed by atoms with Crippen molar-refractivity contribution in [1.82, 2.24) is 14.5 Å². The first-order chi connectivity index (χ1) is 13.4. The van der Waals surface area contributed by atoms with Gasteiger partial charge in [-0.2, -0.15) is 0 Å². The van der Waals surface area contributed by atoms with Crippen LogP contribution in [0.5, 0.6) is 0 Å². The molecule has 2 heterocycles. The minimum absolute atomic E-state index is 0.248. The fourth-order valence-corrected chi connectivity index (χ4v) is 4.33. The molecule has 0 atom stereocenters. The van der Waals surface area contributed by atoms with Crippen molar-refractivity contribution in [3.8, 4) is 0 Å². The largest absolute Gasteiger partial charge is 0.354 e. The molecule has 3 nitrogen and oxygen atoms in total. The van der Waals surface area contributed by atoms with Gasteiger partial charge in [0.25, 0.3) is 0 Å². The summed E-state index contributed by atoms with van der Waals surface area (Å²) in [5.74, 6) is -0.507. The highest BCUT2D eigenvalue weighted by Crippen LogP contribution is 2.38. The van der Waals surface area contributed by atoms with Crippen molar-refractivity contribution in [3.05, 3.63) is 59.7 Å². The predicted molar refractivity (Wildman–Crippen MR) is 112 cm³/mol. The molecule has 5 heteroatoms. The van der Waals surface area contributed by atoms with E-state index >= 15 is 0 Å². The maximum Gasteiger partial charge on any atom is 0.123 e. The molecule has 2 aromatic heterocycles. The Balaban J connectivity index is 1.94. The second-order valence-electron chi connectivity index (χ2n) is 7.75. The van der Waals surface area contributed by atoms with Crippen LogP contribution in [-0.2, 0) is 6.54 Å². The van der Waals surface area contributed by atoms with Gasteiger partial charge in [0.05, 0.1) is 11.0 Å². The molecule has 0 radical (unpaired) electrons. The normalized spacial score (nSPS) is 12.4. The van der Waals surface area contributed by atoms with E-state index in [4.69, 9.17) is 0 Å². The Bertz CT molecular complexity index is 1380. The minimum atomic E-state index is -0.259. The summed E-state index contributed by atoms with van der Waals surface area (Å²) in [4.78, 5) is 5.59. The van der Waals surface area contributed by atoms with Gasteiger partial charge in [-0.05, 0) is 69.0 Å². The number of nitrogens with one attached hydrogen (secondary N) is 1. The first-order valence-electron chi connectivity index (χ1n) is 9.41. The number of likely N-dealkylation sites (N-methyl/N-ethyl adjacent to an activating group) is 1. The Kier molecular flexibility index (Phi) is 3.71. The van der Waals surface area contributed by atoms with Crippen LogP contribution in [0.2, 0.25) is 0 Å². The fraction of sp³-hybridized carbons (Fsp3) is 0.217. The standard InChI is InChI=1S/C23H21F2N3/c1-13-22-18(16-10-14(24)4-6-20(16)26-22)12-19-17-11-15(25)5-7-21(17)28(23(13)19)9-8-27(2)3/h4-7,10-12,26H,8-9H2,1-3H3. The molecule has 0 saturated heterocycles. The van der Waals surface area contributed by atoms with E-state index in [1.165, 1.54) is 12.1 Å². The maximum atomic E-state index is 14.1. The predicted octanol–water partition coefficient (Wildman–Crippen LogP) is 5.58. The molecule has 0 unspecified atom stereocenters. The lowest BCUT2D eigenvalue weighted by molar-refractivity contribution is 0.389. The molecule has 5 aromatic rings. The average Bonchev–Trinajstić information content (AvgIpc) is 3.16. The molecule has 0 fully saturated rings. The van der Waals surface area contributed by atoms with E-state index in [1.807, 2.05) is 20.2 Å². The molecular formula is C23H21F2N3. The van der Waals surface area contributed by atoms with Gasteiger partial charge in [-0.3, -0.25) is 0 Å². The Labute approximate surface area is 161 Å². The van der Waals surface area contributed by atoms with Crippen LogP contribution in [0.4, 0.5) is 8.78 Å². The fourth-order valence-electron chi connectivity index (χ4n) is 4.33. The molecule has 0 aliphatic carbocycles. The van der Waals surface area contributed by atoms with E-state index in [2.05, 4.69) is 27.4 Å². The molecule has 3 aromatic carbocycles. The number of halogens is 2. The number of aromatic amines is 1. The molecular weight excluding hydrogens is 356 g/mol. The lowest BCUT2D eigenvalue weighted by atomic mass is 10.0. The number of fused-ring (bicyclic) bond motifs is 6. The third-order valence-electron chi connectivity index (χ3n) is 5.66. The van der Waals surface area contributed by atoms with Crippen LogP contribution >= 0.6 is 0 Å². The average molecular weight is 377 g/mol. The summed E-state index contributed by atoms with van der Waals surface area (Å²) in [5.41, 5.74) is 5.12. The molecule has 28 heavy (non-hydrogen) atoms. The number of benzene rings is 3. The Morgan fingerprint density at radius 1 is 0.893 bits per heavy atom. The Morgan fingerprint density at radius 3 is 2.36 bits per heavy atom. The van der Waals surface area contributed by atoms with Gasteiger partial charge in [0.1, 0.15) is 11.6 Å². The zero-order valence-corrected chi connectivity index (χ0v) is 16.1. The highest BCUT2D eigenvalue weighted by atomic mass is 19.1. The van der Waals surface area contributed by atoms with Crippen LogP contribution in [0.15, 0.2) is 42.5 Å². The third kappa shape index (κ3) is 2.43. The van der Waals surface area contributed by atoms with Gasteiger partial charge in [-0.1, -0.05) is 0 Å². The van der Waals surface area contributed by atoms with Gasteiger partial charge in [0.15, 0.2) is 0 Å². The summed E-state index contributed by atoms with van der Waals surface area (Å²) in [6.07, 6.45) is 0. The van der Waals surface area contributed by atoms with Crippen molar-refractivity contribution >= 4 is 43.6 Å². The van der Waals surface area contributed by atoms with Crippen LogP contribution < -0.4 is 0 Å². The first-order valence-corrected chi connectivity index (χ1v) is 9.41. The number of nitrogens with zero attached hydrogens (tertiary/aromatic N) is 2. The van der Waals surface area contributed by atoms with Gasteiger partial charge in [0, 0.05) is 45.7 Å². The van der Waals surface area contributed by atoms with E-state index in [-0.39, 0.29) is 11.6 Å². The summed E-state index contributed by atoms with van der Waals surface area (Å²) in [6, 6.07) is 11.8. The molecule has 0 aliphatic rings. The number of rotatable bonds is 3. The molecule has 0 bridgehead atoms. The SMILES string of the molecule is Cc1c2[nH]c3ccc(F)cc3c2cc2c3cc(F)ccc3n(CCN(C)C)c12. The van der Waals surface area contributed by atoms with Crippen LogP contribution in [0, 0.1) is 18.6 Å². The Hall–Kier alpha value is -2.92. The van der Waals surface area contributed by atoms with Gasteiger partial charge < -0.3 is 14.5 Å². The summed E-state index contributed by atoms with van der Waals surface area (Å²) in [5, 5.41) is 3.72. The van der Waals surface area contributed by atoms with Crippen molar-refractivity contribution in [2.45, 2.75) is 13.5 Å². The minimum Gasteiger partial charge on any atom is -0.354 e. The Morgan fingerprint density at radius 2 is 1.61 bits per heavy atom.